The van der Waals surface area contributed by atoms with Crippen LogP contribution in [0.15, 0.2) is 47.5 Å². The van der Waals surface area contributed by atoms with Crippen molar-refractivity contribution in [3.63, 3.8) is 0 Å². The maximum Gasteiger partial charge on any atom is 0.217 e. The lowest BCUT2D eigenvalue weighted by Crippen LogP contribution is -2.16. The van der Waals surface area contributed by atoms with E-state index in [2.05, 4.69) is 41.6 Å². The number of pyridine rings is 1. The lowest BCUT2D eigenvalue weighted by Gasteiger charge is -2.25. The summed E-state index contributed by atoms with van der Waals surface area (Å²) in [5.74, 6) is 0.799. The Morgan fingerprint density at radius 1 is 1.28 bits per heavy atom. The minimum atomic E-state index is 0.145. The zero-order valence-electron chi connectivity index (χ0n) is 10.3. The summed E-state index contributed by atoms with van der Waals surface area (Å²) in [6.45, 7) is 0. The Morgan fingerprint density at radius 3 is 2.89 bits per heavy atom. The van der Waals surface area contributed by atoms with Gasteiger partial charge in [0, 0.05) is 16.7 Å². The van der Waals surface area contributed by atoms with Crippen LogP contribution in [0.2, 0.25) is 0 Å². The Hall–Kier alpha value is -1.48. The van der Waals surface area contributed by atoms with E-state index in [1.165, 1.54) is 16.0 Å². The zero-order chi connectivity index (χ0) is 12.4. The standard InChI is InChI=1S/C15H15NOS/c1-18-13-9-12-7-8-14(17-15(12)16-10-13)11-5-3-2-4-6-11/h2-6,9-10,14H,7-8H2,1H3/t14-/m1/s1. The van der Waals surface area contributed by atoms with Gasteiger partial charge < -0.3 is 4.74 Å². The van der Waals surface area contributed by atoms with Gasteiger partial charge in [0.2, 0.25) is 5.88 Å². The van der Waals surface area contributed by atoms with E-state index in [-0.39, 0.29) is 6.10 Å². The summed E-state index contributed by atoms with van der Waals surface area (Å²) in [6, 6.07) is 12.6. The highest BCUT2D eigenvalue weighted by Gasteiger charge is 2.22. The van der Waals surface area contributed by atoms with Gasteiger partial charge in [0.25, 0.3) is 0 Å². The largest absolute Gasteiger partial charge is 0.469 e. The first-order chi connectivity index (χ1) is 8.86. The van der Waals surface area contributed by atoms with Crippen molar-refractivity contribution in [2.75, 3.05) is 6.26 Å². The number of nitrogens with zero attached hydrogens (tertiary/aromatic N) is 1. The molecule has 18 heavy (non-hydrogen) atoms. The van der Waals surface area contributed by atoms with Gasteiger partial charge in [-0.15, -0.1) is 11.8 Å². The van der Waals surface area contributed by atoms with Crippen molar-refractivity contribution in [3.05, 3.63) is 53.7 Å². The average molecular weight is 257 g/mol. The van der Waals surface area contributed by atoms with Crippen LogP contribution >= 0.6 is 11.8 Å². The molecule has 0 saturated heterocycles. The number of rotatable bonds is 2. The molecule has 1 aliphatic heterocycles. The molecule has 0 N–H and O–H groups in total. The Balaban J connectivity index is 1.85. The summed E-state index contributed by atoms with van der Waals surface area (Å²) in [6.07, 6.45) is 6.16. The fraction of sp³-hybridized carbons (Fsp3) is 0.267. The topological polar surface area (TPSA) is 22.1 Å². The van der Waals surface area contributed by atoms with Gasteiger partial charge in [0.1, 0.15) is 6.10 Å². The van der Waals surface area contributed by atoms with Crippen LogP contribution in [-0.4, -0.2) is 11.2 Å². The number of aryl methyl sites for hydroxylation is 1. The highest BCUT2D eigenvalue weighted by atomic mass is 32.2. The van der Waals surface area contributed by atoms with Crippen molar-refractivity contribution < 1.29 is 4.74 Å². The SMILES string of the molecule is CSc1cnc2c(c1)CC[C@H](c1ccccc1)O2. The molecule has 1 aromatic carbocycles. The van der Waals surface area contributed by atoms with Crippen LogP contribution in [0.25, 0.3) is 0 Å². The van der Waals surface area contributed by atoms with E-state index < -0.39 is 0 Å². The van der Waals surface area contributed by atoms with Gasteiger partial charge in [-0.2, -0.15) is 0 Å². The van der Waals surface area contributed by atoms with Crippen molar-refractivity contribution >= 4 is 11.8 Å². The van der Waals surface area contributed by atoms with Crippen LogP contribution < -0.4 is 4.74 Å². The van der Waals surface area contributed by atoms with Gasteiger partial charge in [-0.25, -0.2) is 4.98 Å². The Bertz CT molecular complexity index is 541. The maximum atomic E-state index is 6.00. The van der Waals surface area contributed by atoms with Crippen LogP contribution in [0.1, 0.15) is 23.7 Å². The van der Waals surface area contributed by atoms with E-state index in [0.29, 0.717) is 0 Å². The average Bonchev–Trinajstić information content (AvgIpc) is 2.47. The van der Waals surface area contributed by atoms with Gasteiger partial charge >= 0.3 is 0 Å². The summed E-state index contributed by atoms with van der Waals surface area (Å²) in [7, 11) is 0. The molecule has 0 unspecified atom stereocenters. The predicted octanol–water partition coefficient (Wildman–Crippen LogP) is 3.87. The molecule has 0 bridgehead atoms. The molecule has 0 amide bonds. The fourth-order valence-corrected chi connectivity index (χ4v) is 2.67. The molecule has 92 valence electrons. The smallest absolute Gasteiger partial charge is 0.217 e. The summed E-state index contributed by atoms with van der Waals surface area (Å²) in [4.78, 5) is 5.63. The molecule has 2 nitrogen and oxygen atoms in total. The Kier molecular flexibility index (Phi) is 3.24. The first kappa shape index (κ1) is 11.6. The van der Waals surface area contributed by atoms with Gasteiger partial charge in [-0.3, -0.25) is 0 Å². The maximum absolute atomic E-state index is 6.00. The van der Waals surface area contributed by atoms with Crippen molar-refractivity contribution in [1.29, 1.82) is 0 Å². The Morgan fingerprint density at radius 2 is 2.11 bits per heavy atom. The molecule has 0 spiro atoms. The molecule has 1 aliphatic rings. The monoisotopic (exact) mass is 257 g/mol. The molecule has 1 atom stereocenters. The molecule has 0 aliphatic carbocycles. The second-order valence-corrected chi connectivity index (χ2v) is 5.27. The summed E-state index contributed by atoms with van der Waals surface area (Å²) in [5, 5.41) is 0. The lowest BCUT2D eigenvalue weighted by molar-refractivity contribution is 0.167. The number of hydrogen-bond acceptors (Lipinski definition) is 3. The van der Waals surface area contributed by atoms with Gasteiger partial charge in [0.05, 0.1) is 0 Å². The van der Waals surface area contributed by atoms with E-state index in [9.17, 15) is 0 Å². The van der Waals surface area contributed by atoms with Gasteiger partial charge in [-0.1, -0.05) is 30.3 Å². The first-order valence-electron chi connectivity index (χ1n) is 6.11. The lowest BCUT2D eigenvalue weighted by atomic mass is 9.99. The van der Waals surface area contributed by atoms with Crippen molar-refractivity contribution in [3.8, 4) is 5.88 Å². The fourth-order valence-electron chi connectivity index (χ4n) is 2.26. The molecule has 3 rings (SSSR count). The van der Waals surface area contributed by atoms with Crippen LogP contribution in [0.4, 0.5) is 0 Å². The van der Waals surface area contributed by atoms with Crippen molar-refractivity contribution in [2.45, 2.75) is 23.8 Å². The second kappa shape index (κ2) is 5.02. The number of benzene rings is 1. The summed E-state index contributed by atoms with van der Waals surface area (Å²) < 4.78 is 6.00. The number of aromatic nitrogens is 1. The van der Waals surface area contributed by atoms with E-state index in [0.717, 1.165) is 18.7 Å². The van der Waals surface area contributed by atoms with E-state index in [1.54, 1.807) is 11.8 Å². The molecule has 0 saturated carbocycles. The summed E-state index contributed by atoms with van der Waals surface area (Å²) in [5.41, 5.74) is 2.47. The molecule has 2 heterocycles. The Labute approximate surface area is 111 Å². The molecular formula is C15H15NOS. The highest BCUT2D eigenvalue weighted by Crippen LogP contribution is 2.34. The van der Waals surface area contributed by atoms with Gasteiger partial charge in [0.15, 0.2) is 0 Å². The highest BCUT2D eigenvalue weighted by molar-refractivity contribution is 7.98. The zero-order valence-corrected chi connectivity index (χ0v) is 11.1. The third kappa shape index (κ3) is 2.23. The van der Waals surface area contributed by atoms with Crippen LogP contribution in [0.3, 0.4) is 0 Å². The quantitative estimate of drug-likeness (QED) is 0.762. The minimum absolute atomic E-state index is 0.145. The third-order valence-electron chi connectivity index (χ3n) is 3.24. The number of ether oxygens (including phenoxy) is 1. The summed E-state index contributed by atoms with van der Waals surface area (Å²) >= 11 is 1.72. The molecule has 0 fully saturated rings. The van der Waals surface area contributed by atoms with Gasteiger partial charge in [-0.05, 0) is 30.7 Å². The van der Waals surface area contributed by atoms with E-state index in [4.69, 9.17) is 4.74 Å². The van der Waals surface area contributed by atoms with Crippen molar-refractivity contribution in [1.82, 2.24) is 4.98 Å². The molecule has 0 radical (unpaired) electrons. The minimum Gasteiger partial charge on any atom is -0.469 e. The van der Waals surface area contributed by atoms with Crippen LogP contribution in [0.5, 0.6) is 5.88 Å². The van der Waals surface area contributed by atoms with Crippen LogP contribution in [-0.2, 0) is 6.42 Å². The molecular weight excluding hydrogens is 242 g/mol. The predicted molar refractivity (Wildman–Crippen MR) is 74.2 cm³/mol. The number of thioether (sulfide) groups is 1. The van der Waals surface area contributed by atoms with E-state index in [1.807, 2.05) is 12.3 Å². The molecule has 2 aromatic rings. The normalized spacial score (nSPS) is 17.9. The van der Waals surface area contributed by atoms with Crippen molar-refractivity contribution in [2.24, 2.45) is 0 Å². The molecule has 1 aromatic heterocycles. The first-order valence-corrected chi connectivity index (χ1v) is 7.34. The number of fused-ring (bicyclic) bond motifs is 1. The second-order valence-electron chi connectivity index (χ2n) is 4.40. The van der Waals surface area contributed by atoms with Crippen LogP contribution in [0, 0.1) is 0 Å². The van der Waals surface area contributed by atoms with E-state index >= 15 is 0 Å². The molecule has 3 heteroatoms. The number of hydrogen-bond donors (Lipinski definition) is 0. The third-order valence-corrected chi connectivity index (χ3v) is 3.93.